The second kappa shape index (κ2) is 6.60. The van der Waals surface area contributed by atoms with Gasteiger partial charge in [-0.25, -0.2) is 13.6 Å². The lowest BCUT2D eigenvalue weighted by Gasteiger charge is -2.10. The van der Waals surface area contributed by atoms with E-state index in [2.05, 4.69) is 5.32 Å². The summed E-state index contributed by atoms with van der Waals surface area (Å²) in [5.41, 5.74) is 1.96. The van der Waals surface area contributed by atoms with Gasteiger partial charge in [-0.1, -0.05) is 18.2 Å². The van der Waals surface area contributed by atoms with Gasteiger partial charge in [-0.05, 0) is 42.3 Å². The third-order valence-corrected chi connectivity index (χ3v) is 4.03. The minimum atomic E-state index is -3.64. The number of sulfonamides is 1. The zero-order chi connectivity index (χ0) is 15.3. The lowest BCUT2D eigenvalue weighted by Crippen LogP contribution is -2.12. The molecule has 0 atom stereocenters. The summed E-state index contributed by atoms with van der Waals surface area (Å²) in [6.45, 7) is 0.717. The summed E-state index contributed by atoms with van der Waals surface area (Å²) in [5, 5.41) is 8.28. The molecule has 0 bridgehead atoms. The van der Waals surface area contributed by atoms with Gasteiger partial charge in [0.1, 0.15) is 5.75 Å². The highest BCUT2D eigenvalue weighted by molar-refractivity contribution is 7.89. The molecule has 6 heteroatoms. The first-order valence-corrected chi connectivity index (χ1v) is 8.04. The number of nitrogens with two attached hydrogens (primary N) is 1. The van der Waals surface area contributed by atoms with Crippen LogP contribution in [0.25, 0.3) is 0 Å². The maximum Gasteiger partial charge on any atom is 0.238 e. The number of anilines is 1. The van der Waals surface area contributed by atoms with Crippen molar-refractivity contribution in [3.8, 4) is 5.75 Å². The molecular formula is C15H18N2O3S. The Morgan fingerprint density at radius 1 is 1.10 bits per heavy atom. The van der Waals surface area contributed by atoms with E-state index in [0.717, 1.165) is 30.0 Å². The van der Waals surface area contributed by atoms with Crippen LogP contribution in [0.3, 0.4) is 0 Å². The molecule has 3 N–H and O–H groups in total. The molecule has 0 fully saturated rings. The number of benzene rings is 2. The second-order valence-electron chi connectivity index (χ2n) is 4.56. The van der Waals surface area contributed by atoms with Gasteiger partial charge in [0.2, 0.25) is 10.0 Å². The van der Waals surface area contributed by atoms with Crippen LogP contribution < -0.4 is 15.2 Å². The third-order valence-electron chi connectivity index (χ3n) is 3.10. The predicted octanol–water partition coefficient (Wildman–Crippen LogP) is 2.00. The Hall–Kier alpha value is -2.05. The Morgan fingerprint density at radius 3 is 2.38 bits per heavy atom. The van der Waals surface area contributed by atoms with E-state index in [9.17, 15) is 8.42 Å². The van der Waals surface area contributed by atoms with Crippen molar-refractivity contribution in [2.45, 2.75) is 11.3 Å². The van der Waals surface area contributed by atoms with E-state index in [0.29, 0.717) is 0 Å². The number of ether oxygens (including phenoxy) is 1. The molecule has 0 aromatic heterocycles. The van der Waals surface area contributed by atoms with E-state index in [1.165, 1.54) is 12.1 Å². The molecule has 0 aliphatic carbocycles. The monoisotopic (exact) mass is 306 g/mol. The summed E-state index contributed by atoms with van der Waals surface area (Å²) in [5.74, 6) is 0.865. The Kier molecular flexibility index (Phi) is 4.82. The Bertz CT molecular complexity index is 697. The normalized spacial score (nSPS) is 11.1. The van der Waals surface area contributed by atoms with Crippen LogP contribution in [-0.2, 0) is 16.4 Å². The zero-order valence-corrected chi connectivity index (χ0v) is 12.6. The van der Waals surface area contributed by atoms with Gasteiger partial charge in [0.25, 0.3) is 0 Å². The van der Waals surface area contributed by atoms with E-state index >= 15 is 0 Å². The van der Waals surface area contributed by atoms with Crippen molar-refractivity contribution in [2.24, 2.45) is 5.14 Å². The van der Waals surface area contributed by atoms with Gasteiger partial charge in [0.15, 0.2) is 0 Å². The van der Waals surface area contributed by atoms with Crippen LogP contribution in [0.15, 0.2) is 53.4 Å². The van der Waals surface area contributed by atoms with Crippen molar-refractivity contribution < 1.29 is 13.2 Å². The van der Waals surface area contributed by atoms with Gasteiger partial charge in [0, 0.05) is 12.2 Å². The predicted molar refractivity (Wildman–Crippen MR) is 83.0 cm³/mol. The van der Waals surface area contributed by atoms with Crippen LogP contribution in [0.4, 0.5) is 5.69 Å². The lowest BCUT2D eigenvalue weighted by atomic mass is 10.1. The number of para-hydroxylation sites is 1. The SMILES string of the molecule is COc1ccccc1CCNc1ccc(S(N)(=O)=O)cc1. The van der Waals surface area contributed by atoms with Crippen LogP contribution in [0.5, 0.6) is 5.75 Å². The fourth-order valence-corrected chi connectivity index (χ4v) is 2.53. The number of methoxy groups -OCH3 is 1. The summed E-state index contributed by atoms with van der Waals surface area (Å²) in [4.78, 5) is 0.109. The van der Waals surface area contributed by atoms with Crippen molar-refractivity contribution in [1.82, 2.24) is 0 Å². The van der Waals surface area contributed by atoms with Crippen LogP contribution >= 0.6 is 0 Å². The molecule has 5 nitrogen and oxygen atoms in total. The minimum Gasteiger partial charge on any atom is -0.496 e. The highest BCUT2D eigenvalue weighted by Gasteiger charge is 2.06. The average Bonchev–Trinajstić information content (AvgIpc) is 2.47. The molecule has 2 rings (SSSR count). The van der Waals surface area contributed by atoms with Crippen molar-refractivity contribution in [3.05, 3.63) is 54.1 Å². The van der Waals surface area contributed by atoms with E-state index in [-0.39, 0.29) is 4.90 Å². The standard InChI is InChI=1S/C15H18N2O3S/c1-20-15-5-3-2-4-12(15)10-11-17-13-6-8-14(9-7-13)21(16,18)19/h2-9,17H,10-11H2,1H3,(H2,16,18,19). The number of primary sulfonamides is 1. The number of hydrogen-bond acceptors (Lipinski definition) is 4. The molecule has 0 aliphatic rings. The average molecular weight is 306 g/mol. The van der Waals surface area contributed by atoms with Gasteiger partial charge in [-0.2, -0.15) is 0 Å². The van der Waals surface area contributed by atoms with Gasteiger partial charge in [-0.3, -0.25) is 0 Å². The molecule has 0 saturated heterocycles. The molecule has 0 heterocycles. The van der Waals surface area contributed by atoms with Gasteiger partial charge in [-0.15, -0.1) is 0 Å². The van der Waals surface area contributed by atoms with Crippen molar-refractivity contribution in [2.75, 3.05) is 19.0 Å². The van der Waals surface area contributed by atoms with Gasteiger partial charge >= 0.3 is 0 Å². The van der Waals surface area contributed by atoms with Crippen LogP contribution in [-0.4, -0.2) is 22.1 Å². The van der Waals surface area contributed by atoms with E-state index < -0.39 is 10.0 Å². The van der Waals surface area contributed by atoms with Crippen molar-refractivity contribution in [1.29, 1.82) is 0 Å². The molecule has 0 amide bonds. The molecule has 0 radical (unpaired) electrons. The number of hydrogen-bond donors (Lipinski definition) is 2. The smallest absolute Gasteiger partial charge is 0.238 e. The molecule has 0 aliphatic heterocycles. The van der Waals surface area contributed by atoms with Crippen LogP contribution in [0.2, 0.25) is 0 Å². The van der Waals surface area contributed by atoms with Crippen molar-refractivity contribution in [3.63, 3.8) is 0 Å². The van der Waals surface area contributed by atoms with Gasteiger partial charge in [0.05, 0.1) is 12.0 Å². The summed E-state index contributed by atoms with van der Waals surface area (Å²) < 4.78 is 27.6. The molecule has 0 unspecified atom stereocenters. The first-order chi connectivity index (χ1) is 10.0. The van der Waals surface area contributed by atoms with E-state index in [1.807, 2.05) is 24.3 Å². The fraction of sp³-hybridized carbons (Fsp3) is 0.200. The number of nitrogens with one attached hydrogen (secondary N) is 1. The third kappa shape index (κ3) is 4.21. The van der Waals surface area contributed by atoms with Crippen molar-refractivity contribution >= 4 is 15.7 Å². The van der Waals surface area contributed by atoms with Gasteiger partial charge < -0.3 is 10.1 Å². The summed E-state index contributed by atoms with van der Waals surface area (Å²) in [6, 6.07) is 14.2. The molecule has 0 spiro atoms. The maximum atomic E-state index is 11.2. The molecule has 21 heavy (non-hydrogen) atoms. The summed E-state index contributed by atoms with van der Waals surface area (Å²) >= 11 is 0. The first-order valence-electron chi connectivity index (χ1n) is 6.49. The minimum absolute atomic E-state index is 0.109. The highest BCUT2D eigenvalue weighted by atomic mass is 32.2. The summed E-state index contributed by atoms with van der Waals surface area (Å²) in [6.07, 6.45) is 0.807. The van der Waals surface area contributed by atoms with E-state index in [4.69, 9.17) is 9.88 Å². The molecule has 2 aromatic carbocycles. The van der Waals surface area contributed by atoms with Crippen LogP contribution in [0, 0.1) is 0 Å². The highest BCUT2D eigenvalue weighted by Crippen LogP contribution is 2.18. The quantitative estimate of drug-likeness (QED) is 0.855. The number of rotatable bonds is 6. The summed E-state index contributed by atoms with van der Waals surface area (Å²) in [7, 11) is -1.99. The van der Waals surface area contributed by atoms with E-state index in [1.54, 1.807) is 19.2 Å². The molecule has 112 valence electrons. The Balaban J connectivity index is 1.95. The zero-order valence-electron chi connectivity index (χ0n) is 11.7. The molecule has 0 saturated carbocycles. The Morgan fingerprint density at radius 2 is 1.76 bits per heavy atom. The first kappa shape index (κ1) is 15.3. The molecular weight excluding hydrogens is 288 g/mol. The Labute approximate surface area is 124 Å². The topological polar surface area (TPSA) is 81.4 Å². The second-order valence-corrected chi connectivity index (χ2v) is 6.12. The van der Waals surface area contributed by atoms with Crippen LogP contribution in [0.1, 0.15) is 5.56 Å². The fourth-order valence-electron chi connectivity index (χ4n) is 2.01. The lowest BCUT2D eigenvalue weighted by molar-refractivity contribution is 0.410. The largest absolute Gasteiger partial charge is 0.496 e. The molecule has 2 aromatic rings. The maximum absolute atomic E-state index is 11.2.